The van der Waals surface area contributed by atoms with Gasteiger partial charge in [0.15, 0.2) is 0 Å². The largest absolute Gasteiger partial charge is 0.333 e. The van der Waals surface area contributed by atoms with Gasteiger partial charge in [-0.25, -0.2) is 0 Å². The van der Waals surface area contributed by atoms with Crippen molar-refractivity contribution in [1.29, 1.82) is 0 Å². The van der Waals surface area contributed by atoms with Crippen LogP contribution < -0.4 is 0 Å². The first-order chi connectivity index (χ1) is 6.57. The van der Waals surface area contributed by atoms with Gasteiger partial charge >= 0.3 is 11.8 Å². The number of piperazine rings is 1. The van der Waals surface area contributed by atoms with E-state index in [0.29, 0.717) is 19.6 Å². The lowest BCUT2D eigenvalue weighted by Gasteiger charge is -2.35. The molecule has 0 atom stereocenters. The summed E-state index contributed by atoms with van der Waals surface area (Å²) >= 11 is 0. The Kier molecular flexibility index (Phi) is 3.49. The highest BCUT2D eigenvalue weighted by Crippen LogP contribution is 2.08. The van der Waals surface area contributed by atoms with E-state index < -0.39 is 0 Å². The molecule has 1 fully saturated rings. The molecule has 0 aromatic heterocycles. The Morgan fingerprint density at radius 2 is 1.86 bits per heavy atom. The molecule has 4 heteroatoms. The highest BCUT2D eigenvalue weighted by molar-refractivity contribution is 6.35. The number of nitrogens with zero attached hydrogens (tertiary/aromatic N) is 2. The summed E-state index contributed by atoms with van der Waals surface area (Å²) in [6.07, 6.45) is 0.903. The topological polar surface area (TPSA) is 40.6 Å². The minimum Gasteiger partial charge on any atom is -0.333 e. The summed E-state index contributed by atoms with van der Waals surface area (Å²) in [6, 6.07) is 0.121. The van der Waals surface area contributed by atoms with Gasteiger partial charge in [0.25, 0.3) is 0 Å². The van der Waals surface area contributed by atoms with Crippen molar-refractivity contribution < 1.29 is 9.59 Å². The fourth-order valence-electron chi connectivity index (χ4n) is 1.67. The zero-order valence-corrected chi connectivity index (χ0v) is 9.12. The van der Waals surface area contributed by atoms with Gasteiger partial charge in [-0.15, -0.1) is 0 Å². The minimum atomic E-state index is -0.347. The van der Waals surface area contributed by atoms with Crippen molar-refractivity contribution >= 4 is 11.8 Å². The number of carbonyl (C=O) groups excluding carboxylic acids is 2. The molecule has 0 spiro atoms. The van der Waals surface area contributed by atoms with Crippen LogP contribution >= 0.6 is 0 Å². The van der Waals surface area contributed by atoms with Crippen LogP contribution in [0.3, 0.4) is 0 Å². The molecule has 4 nitrogen and oxygen atoms in total. The van der Waals surface area contributed by atoms with E-state index in [1.807, 2.05) is 20.8 Å². The zero-order chi connectivity index (χ0) is 10.7. The number of hydrogen-bond donors (Lipinski definition) is 0. The van der Waals surface area contributed by atoms with Gasteiger partial charge in [-0.05, 0) is 20.3 Å². The van der Waals surface area contributed by atoms with E-state index in [4.69, 9.17) is 0 Å². The maximum atomic E-state index is 11.6. The van der Waals surface area contributed by atoms with Gasteiger partial charge in [0.2, 0.25) is 0 Å². The summed E-state index contributed by atoms with van der Waals surface area (Å²) < 4.78 is 0. The van der Waals surface area contributed by atoms with E-state index in [2.05, 4.69) is 0 Å². The lowest BCUT2D eigenvalue weighted by Crippen LogP contribution is -2.56. The highest BCUT2D eigenvalue weighted by atomic mass is 16.2. The quantitative estimate of drug-likeness (QED) is 0.619. The summed E-state index contributed by atoms with van der Waals surface area (Å²) in [4.78, 5) is 26.4. The molecule has 1 rings (SSSR count). The van der Waals surface area contributed by atoms with Crippen molar-refractivity contribution in [3.63, 3.8) is 0 Å². The lowest BCUT2D eigenvalue weighted by molar-refractivity contribution is -0.157. The summed E-state index contributed by atoms with van der Waals surface area (Å²) in [6.45, 7) is 7.91. The van der Waals surface area contributed by atoms with Gasteiger partial charge in [-0.3, -0.25) is 9.59 Å². The predicted molar refractivity (Wildman–Crippen MR) is 53.7 cm³/mol. The Hall–Kier alpha value is -1.06. The Balaban J connectivity index is 2.65. The third-order valence-corrected chi connectivity index (χ3v) is 2.46. The summed E-state index contributed by atoms with van der Waals surface area (Å²) in [5, 5.41) is 0. The van der Waals surface area contributed by atoms with Crippen molar-refractivity contribution in [2.75, 3.05) is 19.6 Å². The van der Waals surface area contributed by atoms with E-state index in [1.54, 1.807) is 9.80 Å². The summed E-state index contributed by atoms with van der Waals surface area (Å²) in [5.41, 5.74) is 0. The van der Waals surface area contributed by atoms with E-state index in [9.17, 15) is 9.59 Å². The third kappa shape index (κ3) is 2.05. The molecule has 1 saturated heterocycles. The number of hydrogen-bond acceptors (Lipinski definition) is 2. The standard InChI is InChI=1S/C10H18N2O2/c1-4-5-11-6-7-12(8(2)3)10(14)9(11)13/h8H,4-7H2,1-3H3. The van der Waals surface area contributed by atoms with E-state index in [-0.39, 0.29) is 17.9 Å². The normalized spacial score (nSPS) is 18.3. The molecule has 0 bridgehead atoms. The minimum absolute atomic E-state index is 0.121. The predicted octanol–water partition coefficient (Wildman–Crippen LogP) is 0.476. The highest BCUT2D eigenvalue weighted by Gasteiger charge is 2.32. The third-order valence-electron chi connectivity index (χ3n) is 2.46. The van der Waals surface area contributed by atoms with Gasteiger partial charge in [-0.1, -0.05) is 6.92 Å². The van der Waals surface area contributed by atoms with Gasteiger partial charge in [0.1, 0.15) is 0 Å². The molecular formula is C10H18N2O2. The smallest absolute Gasteiger partial charge is 0.312 e. The van der Waals surface area contributed by atoms with Crippen LogP contribution in [-0.4, -0.2) is 47.3 Å². The van der Waals surface area contributed by atoms with Gasteiger partial charge < -0.3 is 9.80 Å². The maximum Gasteiger partial charge on any atom is 0.312 e. The van der Waals surface area contributed by atoms with Crippen LogP contribution in [0.15, 0.2) is 0 Å². The van der Waals surface area contributed by atoms with Crippen LogP contribution in [0.1, 0.15) is 27.2 Å². The molecule has 1 aliphatic heterocycles. The molecular weight excluding hydrogens is 180 g/mol. The van der Waals surface area contributed by atoms with Crippen LogP contribution in [-0.2, 0) is 9.59 Å². The molecule has 0 unspecified atom stereocenters. The molecule has 0 radical (unpaired) electrons. The van der Waals surface area contributed by atoms with E-state index >= 15 is 0 Å². The van der Waals surface area contributed by atoms with Crippen LogP contribution in [0.25, 0.3) is 0 Å². The van der Waals surface area contributed by atoms with Crippen molar-refractivity contribution in [2.45, 2.75) is 33.2 Å². The van der Waals surface area contributed by atoms with Gasteiger partial charge in [0, 0.05) is 25.7 Å². The Bertz CT molecular complexity index is 238. The fraction of sp³-hybridized carbons (Fsp3) is 0.800. The average Bonchev–Trinajstić information content (AvgIpc) is 2.13. The Morgan fingerprint density at radius 3 is 2.36 bits per heavy atom. The van der Waals surface area contributed by atoms with Gasteiger partial charge in [-0.2, -0.15) is 0 Å². The number of rotatable bonds is 3. The molecule has 0 N–H and O–H groups in total. The second-order valence-electron chi connectivity index (χ2n) is 3.88. The second kappa shape index (κ2) is 4.44. The Morgan fingerprint density at radius 1 is 1.21 bits per heavy atom. The first-order valence-electron chi connectivity index (χ1n) is 5.17. The number of amides is 2. The molecule has 1 heterocycles. The molecule has 80 valence electrons. The molecule has 0 saturated carbocycles. The van der Waals surface area contributed by atoms with Crippen molar-refractivity contribution in [2.24, 2.45) is 0 Å². The molecule has 2 amide bonds. The van der Waals surface area contributed by atoms with E-state index in [1.165, 1.54) is 0 Å². The van der Waals surface area contributed by atoms with Gasteiger partial charge in [0.05, 0.1) is 0 Å². The summed E-state index contributed by atoms with van der Waals surface area (Å²) in [5.74, 6) is -0.688. The maximum absolute atomic E-state index is 11.6. The van der Waals surface area contributed by atoms with Crippen LogP contribution in [0.5, 0.6) is 0 Å². The van der Waals surface area contributed by atoms with Crippen LogP contribution in [0, 0.1) is 0 Å². The van der Waals surface area contributed by atoms with E-state index in [0.717, 1.165) is 6.42 Å². The van der Waals surface area contributed by atoms with Crippen molar-refractivity contribution in [3.05, 3.63) is 0 Å². The zero-order valence-electron chi connectivity index (χ0n) is 9.12. The average molecular weight is 198 g/mol. The fourth-order valence-corrected chi connectivity index (χ4v) is 1.67. The summed E-state index contributed by atoms with van der Waals surface area (Å²) in [7, 11) is 0. The molecule has 0 aromatic carbocycles. The number of carbonyl (C=O) groups is 2. The Labute approximate surface area is 84.9 Å². The van der Waals surface area contributed by atoms with Crippen LogP contribution in [0.4, 0.5) is 0 Å². The molecule has 14 heavy (non-hydrogen) atoms. The molecule has 0 aromatic rings. The first kappa shape index (κ1) is 11.0. The lowest BCUT2D eigenvalue weighted by atomic mass is 10.2. The van der Waals surface area contributed by atoms with Crippen molar-refractivity contribution in [3.8, 4) is 0 Å². The molecule has 0 aliphatic carbocycles. The second-order valence-corrected chi connectivity index (χ2v) is 3.88. The SMILES string of the molecule is CCCN1CCN(C(C)C)C(=O)C1=O. The van der Waals surface area contributed by atoms with Crippen LogP contribution in [0.2, 0.25) is 0 Å². The monoisotopic (exact) mass is 198 g/mol. The molecule has 1 aliphatic rings. The van der Waals surface area contributed by atoms with Crippen molar-refractivity contribution in [1.82, 2.24) is 9.80 Å². The first-order valence-corrected chi connectivity index (χ1v) is 5.17.